The van der Waals surface area contributed by atoms with Crippen molar-refractivity contribution in [2.45, 2.75) is 25.2 Å². The van der Waals surface area contributed by atoms with Gasteiger partial charge in [-0.15, -0.1) is 0 Å². The maximum atomic E-state index is 12.5. The largest absolute Gasteiger partial charge is 0.471 e. The topological polar surface area (TPSA) is 89.3 Å². The van der Waals surface area contributed by atoms with Crippen molar-refractivity contribution >= 4 is 11.6 Å². The van der Waals surface area contributed by atoms with Gasteiger partial charge in [-0.1, -0.05) is 5.16 Å². The third-order valence-corrected chi connectivity index (χ3v) is 3.68. The van der Waals surface area contributed by atoms with Gasteiger partial charge in [0, 0.05) is 17.8 Å². The summed E-state index contributed by atoms with van der Waals surface area (Å²) in [6.45, 7) is 2.93. The van der Waals surface area contributed by atoms with E-state index in [9.17, 15) is 18.0 Å². The van der Waals surface area contributed by atoms with Crippen LogP contribution in [0, 0.1) is 0 Å². The smallest absolute Gasteiger partial charge is 0.375 e. The number of hydrogen-bond acceptors (Lipinski definition) is 6. The van der Waals surface area contributed by atoms with E-state index in [2.05, 4.69) is 25.3 Å². The van der Waals surface area contributed by atoms with Gasteiger partial charge in [-0.25, -0.2) is 0 Å². The van der Waals surface area contributed by atoms with Crippen LogP contribution in [0.3, 0.4) is 0 Å². The Morgan fingerprint density at radius 1 is 1.32 bits per heavy atom. The van der Waals surface area contributed by atoms with Gasteiger partial charge in [-0.05, 0) is 31.2 Å². The molecule has 25 heavy (non-hydrogen) atoms. The monoisotopic (exact) mass is 356 g/mol. The number of anilines is 1. The fourth-order valence-corrected chi connectivity index (χ4v) is 2.41. The van der Waals surface area contributed by atoms with Crippen LogP contribution in [0.1, 0.15) is 12.8 Å². The highest BCUT2D eigenvalue weighted by Gasteiger charge is 2.38. The Morgan fingerprint density at radius 3 is 2.64 bits per heavy atom. The number of amides is 1. The van der Waals surface area contributed by atoms with Crippen LogP contribution in [0.15, 0.2) is 28.8 Å². The molecular weight excluding hydrogens is 341 g/mol. The number of carbonyl (C=O) groups excluding carboxylic acids is 1. The summed E-state index contributed by atoms with van der Waals surface area (Å²) in [5.74, 6) is -1.84. The average Bonchev–Trinajstić information content (AvgIpc) is 3.06. The number of ether oxygens (including phenoxy) is 1. The molecule has 0 radical (unpaired) electrons. The van der Waals surface area contributed by atoms with E-state index in [0.717, 1.165) is 0 Å². The highest BCUT2D eigenvalue weighted by atomic mass is 19.4. The van der Waals surface area contributed by atoms with Crippen molar-refractivity contribution in [2.75, 3.05) is 18.5 Å². The van der Waals surface area contributed by atoms with Crippen molar-refractivity contribution in [3.63, 3.8) is 0 Å². The van der Waals surface area contributed by atoms with Gasteiger partial charge in [0.1, 0.15) is 6.04 Å². The molecule has 2 N–H and O–H groups in total. The van der Waals surface area contributed by atoms with Gasteiger partial charge in [0.05, 0.1) is 12.7 Å². The second-order valence-electron chi connectivity index (χ2n) is 5.50. The van der Waals surface area contributed by atoms with Crippen LogP contribution in [-0.4, -0.2) is 41.3 Å². The SMILES string of the molecule is C[C@H]1OCCN[C@@H]1C(=O)Nc1ccc(-c2noc(C(F)(F)F)n2)cc1. The summed E-state index contributed by atoms with van der Waals surface area (Å²) >= 11 is 0. The highest BCUT2D eigenvalue weighted by molar-refractivity contribution is 5.95. The number of nitrogens with zero attached hydrogens (tertiary/aromatic N) is 2. The van der Waals surface area contributed by atoms with Crippen LogP contribution in [0.2, 0.25) is 0 Å². The standard InChI is InChI=1S/C15H15F3N4O3/c1-8-11(19-6-7-24-8)13(23)20-10-4-2-9(3-5-10)12-21-14(25-22-12)15(16,17)18/h2-5,8,11,19H,6-7H2,1H3,(H,20,23)/t8-,11+/m1/s1. The molecule has 2 aromatic rings. The Balaban J connectivity index is 1.68. The minimum atomic E-state index is -4.69. The Labute approximate surface area is 140 Å². The lowest BCUT2D eigenvalue weighted by atomic mass is 10.1. The predicted octanol–water partition coefficient (Wildman–Crippen LogP) is 2.07. The molecule has 0 saturated carbocycles. The van der Waals surface area contributed by atoms with Gasteiger partial charge in [0.15, 0.2) is 0 Å². The van der Waals surface area contributed by atoms with E-state index >= 15 is 0 Å². The van der Waals surface area contributed by atoms with Gasteiger partial charge in [-0.2, -0.15) is 18.2 Å². The zero-order valence-corrected chi connectivity index (χ0v) is 13.1. The Kier molecular flexibility index (Phi) is 4.73. The molecule has 1 amide bonds. The van der Waals surface area contributed by atoms with E-state index in [0.29, 0.717) is 24.4 Å². The summed E-state index contributed by atoms with van der Waals surface area (Å²) in [4.78, 5) is 15.5. The number of hydrogen-bond donors (Lipinski definition) is 2. The Morgan fingerprint density at radius 2 is 2.04 bits per heavy atom. The number of benzene rings is 1. The number of alkyl halides is 3. The van der Waals surface area contributed by atoms with Crippen LogP contribution in [0.5, 0.6) is 0 Å². The number of carbonyl (C=O) groups is 1. The molecule has 0 spiro atoms. The third kappa shape index (κ3) is 3.97. The van der Waals surface area contributed by atoms with E-state index < -0.39 is 18.1 Å². The quantitative estimate of drug-likeness (QED) is 0.875. The second kappa shape index (κ2) is 6.81. The third-order valence-electron chi connectivity index (χ3n) is 3.68. The first-order valence-electron chi connectivity index (χ1n) is 7.52. The number of halogens is 3. The van der Waals surface area contributed by atoms with Gasteiger partial charge in [-0.3, -0.25) is 4.79 Å². The zero-order valence-electron chi connectivity index (χ0n) is 13.1. The van der Waals surface area contributed by atoms with Crippen LogP contribution >= 0.6 is 0 Å². The van der Waals surface area contributed by atoms with Crippen LogP contribution in [0.4, 0.5) is 18.9 Å². The molecule has 2 heterocycles. The maximum Gasteiger partial charge on any atom is 0.471 e. The molecule has 7 nitrogen and oxygen atoms in total. The predicted molar refractivity (Wildman–Crippen MR) is 80.6 cm³/mol. The van der Waals surface area contributed by atoms with E-state index in [1.54, 1.807) is 19.1 Å². The maximum absolute atomic E-state index is 12.5. The number of morpholine rings is 1. The van der Waals surface area contributed by atoms with Crippen molar-refractivity contribution in [1.29, 1.82) is 0 Å². The lowest BCUT2D eigenvalue weighted by molar-refractivity contribution is -0.159. The minimum absolute atomic E-state index is 0.179. The molecular formula is C15H15F3N4O3. The van der Waals surface area contributed by atoms with Gasteiger partial charge >= 0.3 is 12.1 Å². The molecule has 1 aromatic carbocycles. The fraction of sp³-hybridized carbons (Fsp3) is 0.400. The van der Waals surface area contributed by atoms with Crippen LogP contribution in [-0.2, 0) is 15.7 Å². The molecule has 0 unspecified atom stereocenters. The first-order chi connectivity index (χ1) is 11.8. The summed E-state index contributed by atoms with van der Waals surface area (Å²) < 4.78 is 47.0. The van der Waals surface area contributed by atoms with Gasteiger partial charge in [0.2, 0.25) is 11.7 Å². The number of aromatic nitrogens is 2. The normalized spacial score (nSPS) is 21.1. The van der Waals surface area contributed by atoms with Crippen LogP contribution in [0.25, 0.3) is 11.4 Å². The molecule has 1 saturated heterocycles. The summed E-state index contributed by atoms with van der Waals surface area (Å²) in [5.41, 5.74) is 0.831. The Bertz CT molecular complexity index is 745. The number of rotatable bonds is 3. The van der Waals surface area contributed by atoms with E-state index in [4.69, 9.17) is 4.74 Å². The lowest BCUT2D eigenvalue weighted by Gasteiger charge is -2.29. The fourth-order valence-electron chi connectivity index (χ4n) is 2.41. The molecule has 0 aliphatic carbocycles. The van der Waals surface area contributed by atoms with Crippen molar-refractivity contribution < 1.29 is 27.2 Å². The highest BCUT2D eigenvalue weighted by Crippen LogP contribution is 2.29. The van der Waals surface area contributed by atoms with Crippen molar-refractivity contribution in [3.8, 4) is 11.4 Å². The van der Waals surface area contributed by atoms with Gasteiger partial charge in [0.25, 0.3) is 0 Å². The van der Waals surface area contributed by atoms with Crippen molar-refractivity contribution in [2.24, 2.45) is 0 Å². The summed E-state index contributed by atoms with van der Waals surface area (Å²) in [6, 6.07) is 5.61. The molecule has 0 bridgehead atoms. The van der Waals surface area contributed by atoms with E-state index in [1.165, 1.54) is 12.1 Å². The summed E-state index contributed by atoms with van der Waals surface area (Å²) in [5, 5.41) is 9.10. The molecule has 10 heteroatoms. The minimum Gasteiger partial charge on any atom is -0.375 e. The first kappa shape index (κ1) is 17.4. The van der Waals surface area contributed by atoms with E-state index in [1.807, 2.05) is 0 Å². The summed E-state index contributed by atoms with van der Waals surface area (Å²) in [6.07, 6.45) is -4.95. The number of nitrogens with one attached hydrogen (secondary N) is 2. The molecule has 1 aromatic heterocycles. The molecule has 1 aliphatic heterocycles. The molecule has 1 fully saturated rings. The zero-order chi connectivity index (χ0) is 18.0. The van der Waals surface area contributed by atoms with Crippen molar-refractivity contribution in [3.05, 3.63) is 30.2 Å². The average molecular weight is 356 g/mol. The lowest BCUT2D eigenvalue weighted by Crippen LogP contribution is -2.53. The molecule has 3 rings (SSSR count). The van der Waals surface area contributed by atoms with E-state index in [-0.39, 0.29) is 17.8 Å². The van der Waals surface area contributed by atoms with Gasteiger partial charge < -0.3 is 19.9 Å². The summed E-state index contributed by atoms with van der Waals surface area (Å²) in [7, 11) is 0. The first-order valence-corrected chi connectivity index (χ1v) is 7.52. The molecule has 1 aliphatic rings. The molecule has 2 atom stereocenters. The Hall–Kier alpha value is -2.46. The van der Waals surface area contributed by atoms with Crippen LogP contribution < -0.4 is 10.6 Å². The molecule has 134 valence electrons. The van der Waals surface area contributed by atoms with Crippen molar-refractivity contribution in [1.82, 2.24) is 15.5 Å². The second-order valence-corrected chi connectivity index (χ2v) is 5.50.